The molecule has 146 valence electrons. The highest BCUT2D eigenvalue weighted by molar-refractivity contribution is 7.89. The molecular formula is C18H19ClF2N2O3S. The van der Waals surface area contributed by atoms with Gasteiger partial charge < -0.3 is 4.74 Å². The maximum absolute atomic E-state index is 13.8. The smallest absolute Gasteiger partial charge is 0.246 e. The number of benzene rings is 2. The molecule has 0 bridgehead atoms. The Balaban J connectivity index is 1.51. The lowest BCUT2D eigenvalue weighted by Gasteiger charge is -2.33. The first-order valence-electron chi connectivity index (χ1n) is 8.42. The van der Waals surface area contributed by atoms with E-state index in [2.05, 4.69) is 4.90 Å². The quantitative estimate of drug-likeness (QED) is 0.726. The SMILES string of the molecule is O=S(=O)(c1ccc(F)cc1F)N1CCN(CCOc2ccc(Cl)cc2)CC1. The summed E-state index contributed by atoms with van der Waals surface area (Å²) in [6.07, 6.45) is 0. The molecule has 0 saturated carbocycles. The van der Waals surface area contributed by atoms with E-state index in [9.17, 15) is 17.2 Å². The molecule has 2 aromatic rings. The second kappa shape index (κ2) is 8.52. The first-order chi connectivity index (χ1) is 12.9. The molecule has 27 heavy (non-hydrogen) atoms. The number of sulfonamides is 1. The van der Waals surface area contributed by atoms with Crippen molar-refractivity contribution in [2.75, 3.05) is 39.3 Å². The Hall–Kier alpha value is -1.74. The van der Waals surface area contributed by atoms with Crippen LogP contribution in [0.4, 0.5) is 8.78 Å². The van der Waals surface area contributed by atoms with Crippen molar-refractivity contribution in [1.29, 1.82) is 0 Å². The zero-order valence-corrected chi connectivity index (χ0v) is 16.0. The Morgan fingerprint density at radius 3 is 2.30 bits per heavy atom. The molecule has 0 atom stereocenters. The van der Waals surface area contributed by atoms with Gasteiger partial charge in [-0.1, -0.05) is 11.6 Å². The highest BCUT2D eigenvalue weighted by Gasteiger charge is 2.30. The molecule has 1 aliphatic rings. The lowest BCUT2D eigenvalue weighted by molar-refractivity contribution is 0.158. The average Bonchev–Trinajstić information content (AvgIpc) is 2.63. The first-order valence-corrected chi connectivity index (χ1v) is 10.2. The molecule has 1 heterocycles. The first kappa shape index (κ1) is 20.0. The van der Waals surface area contributed by atoms with Gasteiger partial charge in [0.25, 0.3) is 0 Å². The molecule has 1 fully saturated rings. The van der Waals surface area contributed by atoms with Crippen LogP contribution in [0.1, 0.15) is 0 Å². The fourth-order valence-corrected chi connectivity index (χ4v) is 4.43. The summed E-state index contributed by atoms with van der Waals surface area (Å²) in [5.41, 5.74) is 0. The predicted octanol–water partition coefficient (Wildman–Crippen LogP) is 3.00. The Morgan fingerprint density at radius 1 is 1.00 bits per heavy atom. The molecule has 2 aromatic carbocycles. The predicted molar refractivity (Wildman–Crippen MR) is 98.5 cm³/mol. The summed E-state index contributed by atoms with van der Waals surface area (Å²) in [5, 5.41) is 0.636. The van der Waals surface area contributed by atoms with Crippen LogP contribution in [0.25, 0.3) is 0 Å². The van der Waals surface area contributed by atoms with Gasteiger partial charge in [0.1, 0.15) is 28.9 Å². The van der Waals surface area contributed by atoms with Crippen LogP contribution in [0, 0.1) is 11.6 Å². The highest BCUT2D eigenvalue weighted by Crippen LogP contribution is 2.21. The molecule has 0 spiro atoms. The number of nitrogens with zero attached hydrogens (tertiary/aromatic N) is 2. The molecule has 0 N–H and O–H groups in total. The van der Waals surface area contributed by atoms with Gasteiger partial charge in [0.2, 0.25) is 10.0 Å². The second-order valence-corrected chi connectivity index (χ2v) is 8.47. The standard InChI is InChI=1S/C18H19ClF2N2O3S/c19-14-1-4-16(5-2-14)26-12-11-22-7-9-23(10-8-22)27(24,25)18-6-3-15(20)13-17(18)21/h1-6,13H,7-12H2. The van der Waals surface area contributed by atoms with Crippen molar-refractivity contribution in [2.24, 2.45) is 0 Å². The van der Waals surface area contributed by atoms with Gasteiger partial charge in [-0.2, -0.15) is 4.31 Å². The Kier molecular flexibility index (Phi) is 6.31. The maximum Gasteiger partial charge on any atom is 0.246 e. The van der Waals surface area contributed by atoms with Crippen molar-refractivity contribution < 1.29 is 21.9 Å². The third-order valence-electron chi connectivity index (χ3n) is 4.33. The molecular weight excluding hydrogens is 398 g/mol. The van der Waals surface area contributed by atoms with E-state index in [4.69, 9.17) is 16.3 Å². The molecule has 3 rings (SSSR count). The van der Waals surface area contributed by atoms with E-state index in [1.54, 1.807) is 24.3 Å². The van der Waals surface area contributed by atoms with E-state index in [0.717, 1.165) is 12.1 Å². The van der Waals surface area contributed by atoms with Gasteiger partial charge in [0.05, 0.1) is 0 Å². The largest absolute Gasteiger partial charge is 0.492 e. The summed E-state index contributed by atoms with van der Waals surface area (Å²) in [6.45, 7) is 2.58. The van der Waals surface area contributed by atoms with Gasteiger partial charge in [-0.05, 0) is 36.4 Å². The van der Waals surface area contributed by atoms with Crippen LogP contribution in [0.5, 0.6) is 5.75 Å². The number of hydrogen-bond acceptors (Lipinski definition) is 4. The molecule has 0 amide bonds. The van der Waals surface area contributed by atoms with Crippen molar-refractivity contribution in [2.45, 2.75) is 4.90 Å². The van der Waals surface area contributed by atoms with Crippen molar-refractivity contribution in [3.05, 3.63) is 59.1 Å². The minimum absolute atomic E-state index is 0.236. The van der Waals surface area contributed by atoms with E-state index in [0.29, 0.717) is 43.1 Å². The minimum atomic E-state index is -3.98. The number of ether oxygens (including phenoxy) is 1. The zero-order valence-electron chi connectivity index (χ0n) is 14.4. The molecule has 1 saturated heterocycles. The molecule has 0 aromatic heterocycles. The van der Waals surface area contributed by atoms with Crippen molar-refractivity contribution in [1.82, 2.24) is 9.21 Å². The topological polar surface area (TPSA) is 49.9 Å². The van der Waals surface area contributed by atoms with Gasteiger partial charge in [-0.25, -0.2) is 17.2 Å². The van der Waals surface area contributed by atoms with E-state index in [-0.39, 0.29) is 13.1 Å². The summed E-state index contributed by atoms with van der Waals surface area (Å²) in [5.74, 6) is -1.17. The van der Waals surface area contributed by atoms with E-state index >= 15 is 0 Å². The highest BCUT2D eigenvalue weighted by atomic mass is 35.5. The molecule has 0 unspecified atom stereocenters. The van der Waals surface area contributed by atoms with Crippen LogP contribution < -0.4 is 4.74 Å². The molecule has 0 aliphatic carbocycles. The summed E-state index contributed by atoms with van der Waals surface area (Å²) >= 11 is 5.82. The summed E-state index contributed by atoms with van der Waals surface area (Å²) in [6, 6.07) is 9.54. The van der Waals surface area contributed by atoms with Crippen molar-refractivity contribution in [3.63, 3.8) is 0 Å². The van der Waals surface area contributed by atoms with Crippen LogP contribution in [0.2, 0.25) is 5.02 Å². The lowest BCUT2D eigenvalue weighted by atomic mass is 10.3. The molecule has 1 aliphatic heterocycles. The van der Waals surface area contributed by atoms with Gasteiger partial charge in [0, 0.05) is 43.8 Å². The normalized spacial score (nSPS) is 16.4. The monoisotopic (exact) mass is 416 g/mol. The van der Waals surface area contributed by atoms with Crippen LogP contribution in [0.3, 0.4) is 0 Å². The summed E-state index contributed by atoms with van der Waals surface area (Å²) in [7, 11) is -3.98. The van der Waals surface area contributed by atoms with Gasteiger partial charge in [-0.3, -0.25) is 4.90 Å². The van der Waals surface area contributed by atoms with E-state index in [1.165, 1.54) is 4.31 Å². The van der Waals surface area contributed by atoms with Crippen molar-refractivity contribution in [3.8, 4) is 5.75 Å². The van der Waals surface area contributed by atoms with Crippen LogP contribution in [-0.4, -0.2) is 57.0 Å². The number of halogens is 3. The number of piperazine rings is 1. The third-order valence-corrected chi connectivity index (χ3v) is 6.52. The summed E-state index contributed by atoms with van der Waals surface area (Å²) < 4.78 is 58.8. The van der Waals surface area contributed by atoms with Crippen LogP contribution >= 0.6 is 11.6 Å². The Morgan fingerprint density at radius 2 is 1.67 bits per heavy atom. The fraction of sp³-hybridized carbons (Fsp3) is 0.333. The Bertz CT molecular complexity index is 886. The van der Waals surface area contributed by atoms with Crippen molar-refractivity contribution >= 4 is 21.6 Å². The molecule has 0 radical (unpaired) electrons. The minimum Gasteiger partial charge on any atom is -0.492 e. The third kappa shape index (κ3) is 4.95. The second-order valence-electron chi connectivity index (χ2n) is 6.12. The van der Waals surface area contributed by atoms with Crippen LogP contribution in [0.15, 0.2) is 47.4 Å². The maximum atomic E-state index is 13.8. The summed E-state index contributed by atoms with van der Waals surface area (Å²) in [4.78, 5) is 1.58. The van der Waals surface area contributed by atoms with Gasteiger partial charge in [0.15, 0.2) is 0 Å². The van der Waals surface area contributed by atoms with Gasteiger partial charge >= 0.3 is 0 Å². The lowest BCUT2D eigenvalue weighted by Crippen LogP contribution is -2.49. The Labute approximate surface area is 162 Å². The zero-order chi connectivity index (χ0) is 19.4. The molecule has 5 nitrogen and oxygen atoms in total. The number of hydrogen-bond donors (Lipinski definition) is 0. The molecule has 9 heteroatoms. The average molecular weight is 417 g/mol. The van der Waals surface area contributed by atoms with Crippen LogP contribution in [-0.2, 0) is 10.0 Å². The van der Waals surface area contributed by atoms with Gasteiger partial charge in [-0.15, -0.1) is 0 Å². The number of rotatable bonds is 6. The van der Waals surface area contributed by atoms with E-state index in [1.807, 2.05) is 0 Å². The fourth-order valence-electron chi connectivity index (χ4n) is 2.84. The van der Waals surface area contributed by atoms with E-state index < -0.39 is 26.6 Å².